The molecule has 5 heterocycles. The minimum atomic E-state index is -0.600. The van der Waals surface area contributed by atoms with Crippen molar-refractivity contribution in [3.8, 4) is 0 Å². The smallest absolute Gasteiger partial charge is 0.410 e. The van der Waals surface area contributed by atoms with Gasteiger partial charge in [-0.2, -0.15) is 0 Å². The molecule has 7 rings (SSSR count). The number of rotatable bonds is 9. The first-order chi connectivity index (χ1) is 22.9. The summed E-state index contributed by atoms with van der Waals surface area (Å²) in [4.78, 5) is 40.9. The van der Waals surface area contributed by atoms with Crippen LogP contribution in [-0.2, 0) is 23.1 Å². The molecule has 1 fully saturated rings. The first-order valence-electron chi connectivity index (χ1n) is 15.3. The van der Waals surface area contributed by atoms with Gasteiger partial charge in [-0.15, -0.1) is 0 Å². The molecule has 5 aromatic rings. The summed E-state index contributed by atoms with van der Waals surface area (Å²) in [5.74, 6) is 1.38. The Labute approximate surface area is 269 Å². The van der Waals surface area contributed by atoms with Crippen molar-refractivity contribution in [3.05, 3.63) is 112 Å². The molecule has 2 aliphatic rings. The number of aromatic amines is 1. The molecule has 47 heavy (non-hydrogen) atoms. The molecule has 0 aliphatic carbocycles. The Kier molecular flexibility index (Phi) is 8.04. The van der Waals surface area contributed by atoms with E-state index in [-0.39, 0.29) is 24.9 Å². The zero-order chi connectivity index (χ0) is 32.4. The summed E-state index contributed by atoms with van der Waals surface area (Å²) in [5.41, 5.74) is 2.77. The number of amides is 1. The van der Waals surface area contributed by atoms with Crippen LogP contribution < -0.4 is 16.2 Å². The number of hydrogen-bond donors (Lipinski definition) is 4. The predicted octanol–water partition coefficient (Wildman–Crippen LogP) is 4.10. The monoisotopic (exact) mass is 634 g/mol. The van der Waals surface area contributed by atoms with Crippen molar-refractivity contribution in [3.63, 3.8) is 0 Å². The Morgan fingerprint density at radius 1 is 1.11 bits per heavy atom. The standard InChI is InChI=1S/C34H34N8O5/c1-41-30-24(31(44)40-41)12-13-28(38-30)37-29-16-26(36-27(18-43)23-10-6-3-7-11-23)25(17-35-29)32-39-34(21-47-32)14-15-42(20-34)33(45)46-19-22-8-4-2-5-9-22/h2-13,16-17,27,43H,14-15,18-21H2,1H3,(H,40,44)(H2,35,36,37,38)/t27-,34-/m1/s1. The summed E-state index contributed by atoms with van der Waals surface area (Å²) in [7, 11) is 1.72. The van der Waals surface area contributed by atoms with E-state index >= 15 is 0 Å². The highest BCUT2D eigenvalue weighted by atomic mass is 16.6. The topological polar surface area (TPSA) is 159 Å². The molecule has 0 saturated carbocycles. The summed E-state index contributed by atoms with van der Waals surface area (Å²) in [6.45, 7) is 1.23. The van der Waals surface area contributed by atoms with E-state index in [1.807, 2.05) is 66.7 Å². The Bertz CT molecular complexity index is 1990. The van der Waals surface area contributed by atoms with Crippen LogP contribution in [0.5, 0.6) is 0 Å². The van der Waals surface area contributed by atoms with Crippen molar-refractivity contribution in [2.24, 2.45) is 12.0 Å². The highest BCUT2D eigenvalue weighted by Crippen LogP contribution is 2.35. The molecular weight excluding hydrogens is 600 g/mol. The number of likely N-dealkylation sites (tertiary alicyclic amines) is 1. The second-order valence-electron chi connectivity index (χ2n) is 11.7. The molecule has 0 bridgehead atoms. The van der Waals surface area contributed by atoms with Crippen molar-refractivity contribution < 1.29 is 19.4 Å². The lowest BCUT2D eigenvalue weighted by atomic mass is 10.0. The molecule has 2 atom stereocenters. The number of H-pyrrole nitrogens is 1. The van der Waals surface area contributed by atoms with E-state index in [9.17, 15) is 14.7 Å². The van der Waals surface area contributed by atoms with Gasteiger partial charge in [0.05, 0.1) is 35.8 Å². The fourth-order valence-electron chi connectivity index (χ4n) is 5.92. The summed E-state index contributed by atoms with van der Waals surface area (Å²) in [6, 6.07) is 24.0. The Morgan fingerprint density at radius 3 is 2.68 bits per heavy atom. The summed E-state index contributed by atoms with van der Waals surface area (Å²) in [6.07, 6.45) is 1.91. The van der Waals surface area contributed by atoms with Crippen LogP contribution in [0, 0.1) is 0 Å². The van der Waals surface area contributed by atoms with Gasteiger partial charge in [-0.3, -0.25) is 14.6 Å². The molecule has 13 nitrogen and oxygen atoms in total. The largest absolute Gasteiger partial charge is 0.475 e. The van der Waals surface area contributed by atoms with Crippen LogP contribution in [-0.4, -0.2) is 73.6 Å². The number of benzene rings is 2. The van der Waals surface area contributed by atoms with E-state index in [2.05, 4.69) is 25.7 Å². The number of nitrogens with zero attached hydrogens (tertiary/aromatic N) is 5. The third-order valence-electron chi connectivity index (χ3n) is 8.42. The quantitative estimate of drug-likeness (QED) is 0.187. The fourth-order valence-corrected chi connectivity index (χ4v) is 5.92. The second kappa shape index (κ2) is 12.6. The van der Waals surface area contributed by atoms with Gasteiger partial charge in [0.15, 0.2) is 5.65 Å². The van der Waals surface area contributed by atoms with Crippen molar-refractivity contribution in [2.45, 2.75) is 24.6 Å². The summed E-state index contributed by atoms with van der Waals surface area (Å²) in [5, 5.41) is 20.2. The van der Waals surface area contributed by atoms with Crippen molar-refractivity contribution >= 4 is 40.3 Å². The number of nitrogens with one attached hydrogen (secondary N) is 3. The minimum Gasteiger partial charge on any atom is -0.475 e. The summed E-state index contributed by atoms with van der Waals surface area (Å²) >= 11 is 0. The molecule has 2 aliphatic heterocycles. The van der Waals surface area contributed by atoms with Gasteiger partial charge < -0.3 is 30.1 Å². The van der Waals surface area contributed by atoms with Gasteiger partial charge in [0.1, 0.15) is 30.4 Å². The number of carbonyl (C=O) groups excluding carboxylic acids is 1. The first-order valence-corrected chi connectivity index (χ1v) is 15.3. The molecule has 240 valence electrons. The molecule has 0 radical (unpaired) electrons. The number of aromatic nitrogens is 4. The van der Waals surface area contributed by atoms with E-state index in [1.165, 1.54) is 0 Å². The molecule has 1 spiro atoms. The van der Waals surface area contributed by atoms with Crippen LogP contribution in [0.1, 0.15) is 29.2 Å². The second-order valence-corrected chi connectivity index (χ2v) is 11.7. The minimum absolute atomic E-state index is 0.161. The highest BCUT2D eigenvalue weighted by molar-refractivity contribution is 6.01. The molecule has 2 aromatic carbocycles. The van der Waals surface area contributed by atoms with Gasteiger partial charge in [0, 0.05) is 25.9 Å². The molecule has 13 heteroatoms. The average Bonchev–Trinajstić information content (AvgIpc) is 3.80. The fraction of sp³-hybridized carbons (Fsp3) is 0.265. The van der Waals surface area contributed by atoms with E-state index in [4.69, 9.17) is 14.5 Å². The number of pyridine rings is 2. The van der Waals surface area contributed by atoms with Gasteiger partial charge in [0.25, 0.3) is 5.56 Å². The molecular formula is C34H34N8O5. The third-order valence-corrected chi connectivity index (χ3v) is 8.42. The van der Waals surface area contributed by atoms with E-state index < -0.39 is 11.6 Å². The van der Waals surface area contributed by atoms with Crippen molar-refractivity contribution in [1.29, 1.82) is 0 Å². The molecule has 3 aromatic heterocycles. The predicted molar refractivity (Wildman–Crippen MR) is 177 cm³/mol. The number of aryl methyl sites for hydroxylation is 1. The van der Waals surface area contributed by atoms with E-state index in [0.717, 1.165) is 11.1 Å². The lowest BCUT2D eigenvalue weighted by molar-refractivity contribution is 0.101. The molecule has 1 saturated heterocycles. The van der Waals surface area contributed by atoms with E-state index in [1.54, 1.807) is 35.0 Å². The number of aliphatic imine (C=N–C) groups is 1. The first kappa shape index (κ1) is 30.0. The lowest BCUT2D eigenvalue weighted by Crippen LogP contribution is -2.36. The van der Waals surface area contributed by atoms with Gasteiger partial charge in [-0.1, -0.05) is 60.7 Å². The van der Waals surface area contributed by atoms with Crippen molar-refractivity contribution in [2.75, 3.05) is 36.9 Å². The Hall–Kier alpha value is -5.69. The number of carbonyl (C=O) groups is 1. The van der Waals surface area contributed by atoms with Crippen molar-refractivity contribution in [1.82, 2.24) is 24.6 Å². The zero-order valence-corrected chi connectivity index (χ0v) is 25.7. The SMILES string of the molecule is Cn1[nH]c(=O)c2ccc(Nc3cc(N[C@H](CO)c4ccccc4)c(C4=N[C@@]5(CCN(C(=O)OCc6ccccc6)C5)CO4)cn3)nc21. The van der Waals surface area contributed by atoms with Crippen LogP contribution in [0.15, 0.2) is 94.8 Å². The number of hydrogen-bond acceptors (Lipinski definition) is 10. The summed E-state index contributed by atoms with van der Waals surface area (Å²) < 4.78 is 13.3. The van der Waals surface area contributed by atoms with Gasteiger partial charge in [-0.05, 0) is 29.7 Å². The molecule has 4 N–H and O–H groups in total. The Balaban J connectivity index is 1.14. The normalized spacial score (nSPS) is 17.8. The van der Waals surface area contributed by atoms with Gasteiger partial charge in [-0.25, -0.2) is 19.8 Å². The average molecular weight is 635 g/mol. The maximum Gasteiger partial charge on any atom is 0.410 e. The maximum absolute atomic E-state index is 12.9. The molecule has 1 amide bonds. The number of aliphatic hydroxyl groups is 1. The molecule has 0 unspecified atom stereocenters. The van der Waals surface area contributed by atoms with Crippen LogP contribution in [0.3, 0.4) is 0 Å². The third kappa shape index (κ3) is 6.25. The number of ether oxygens (including phenoxy) is 2. The number of fused-ring (bicyclic) bond motifs is 1. The number of anilines is 3. The zero-order valence-electron chi connectivity index (χ0n) is 25.7. The van der Waals surface area contributed by atoms with Crippen LogP contribution >= 0.6 is 0 Å². The van der Waals surface area contributed by atoms with Gasteiger partial charge in [0.2, 0.25) is 5.90 Å². The Morgan fingerprint density at radius 2 is 1.89 bits per heavy atom. The van der Waals surface area contributed by atoms with Gasteiger partial charge >= 0.3 is 6.09 Å². The van der Waals surface area contributed by atoms with Crippen LogP contribution in [0.25, 0.3) is 11.0 Å². The number of aliphatic hydroxyl groups excluding tert-OH is 1. The van der Waals surface area contributed by atoms with Crippen LogP contribution in [0.2, 0.25) is 0 Å². The van der Waals surface area contributed by atoms with Crippen LogP contribution in [0.4, 0.5) is 22.1 Å². The maximum atomic E-state index is 12.9. The highest BCUT2D eigenvalue weighted by Gasteiger charge is 2.45. The lowest BCUT2D eigenvalue weighted by Gasteiger charge is -2.21. The van der Waals surface area contributed by atoms with E-state index in [0.29, 0.717) is 65.9 Å².